The number of halogens is 1. The second-order valence-electron chi connectivity index (χ2n) is 4.26. The van der Waals surface area contributed by atoms with Crippen molar-refractivity contribution in [1.82, 2.24) is 9.78 Å². The molecule has 2 heterocycles. The van der Waals surface area contributed by atoms with Gasteiger partial charge in [0.25, 0.3) is 0 Å². The second-order valence-corrected chi connectivity index (χ2v) is 7.52. The van der Waals surface area contributed by atoms with E-state index in [0.29, 0.717) is 12.2 Å². The molecule has 0 amide bonds. The van der Waals surface area contributed by atoms with Gasteiger partial charge in [0.05, 0.1) is 27.5 Å². The molecule has 100 valence electrons. The van der Waals surface area contributed by atoms with E-state index in [-0.39, 0.29) is 5.25 Å². The van der Waals surface area contributed by atoms with Crippen LogP contribution in [-0.4, -0.2) is 38.1 Å². The number of aromatic nitrogens is 2. The van der Waals surface area contributed by atoms with Crippen LogP contribution in [0.25, 0.3) is 0 Å². The van der Waals surface area contributed by atoms with Gasteiger partial charge < -0.3 is 0 Å². The van der Waals surface area contributed by atoms with Gasteiger partial charge in [-0.3, -0.25) is 9.48 Å². The largest absolute Gasteiger partial charge is 0.298 e. The fourth-order valence-electron chi connectivity index (χ4n) is 1.96. The van der Waals surface area contributed by atoms with Crippen molar-refractivity contribution in [2.45, 2.75) is 25.0 Å². The molecule has 1 aliphatic heterocycles. The predicted molar refractivity (Wildman–Crippen MR) is 82.6 cm³/mol. The quantitative estimate of drug-likeness (QED) is 0.837. The zero-order valence-electron chi connectivity index (χ0n) is 10.6. The molecule has 1 unspecified atom stereocenters. The molecular formula is C12H17BrN2OS2. The third-order valence-electron chi connectivity index (χ3n) is 3.02. The number of Topliss-reactive ketones (excluding diaryl/α,β-unsaturated/α-hetero) is 1. The molecule has 0 spiro atoms. The van der Waals surface area contributed by atoms with Crippen molar-refractivity contribution in [2.24, 2.45) is 7.05 Å². The highest BCUT2D eigenvalue weighted by Gasteiger charge is 2.24. The summed E-state index contributed by atoms with van der Waals surface area (Å²) in [6, 6.07) is 0. The minimum absolute atomic E-state index is 0.163. The van der Waals surface area contributed by atoms with E-state index in [9.17, 15) is 4.79 Å². The lowest BCUT2D eigenvalue weighted by atomic mass is 10.1. The standard InChI is InChI=1S/C12H17BrN2OS2/c1-3-8-12(13)9(15(2)14-8)6-10(16)11-7-17-4-5-18-11/h11H,3-7H2,1-2H3. The van der Waals surface area contributed by atoms with Crippen LogP contribution in [0.5, 0.6) is 0 Å². The maximum absolute atomic E-state index is 12.3. The van der Waals surface area contributed by atoms with Gasteiger partial charge in [0.15, 0.2) is 5.78 Å². The fourth-order valence-corrected chi connectivity index (χ4v) is 5.37. The van der Waals surface area contributed by atoms with Crippen molar-refractivity contribution in [3.63, 3.8) is 0 Å². The molecule has 1 saturated heterocycles. The first-order valence-corrected chi connectivity index (χ1v) is 9.05. The Morgan fingerprint density at radius 1 is 1.56 bits per heavy atom. The Balaban J connectivity index is 2.08. The molecule has 0 saturated carbocycles. The summed E-state index contributed by atoms with van der Waals surface area (Å²) in [5.41, 5.74) is 2.04. The van der Waals surface area contributed by atoms with Crippen molar-refractivity contribution in [3.8, 4) is 0 Å². The minimum atomic E-state index is 0.163. The minimum Gasteiger partial charge on any atom is -0.298 e. The van der Waals surface area contributed by atoms with E-state index in [2.05, 4.69) is 28.0 Å². The first-order chi connectivity index (χ1) is 8.63. The van der Waals surface area contributed by atoms with Gasteiger partial charge in [0, 0.05) is 24.3 Å². The van der Waals surface area contributed by atoms with E-state index >= 15 is 0 Å². The fraction of sp³-hybridized carbons (Fsp3) is 0.667. The third kappa shape index (κ3) is 3.14. The lowest BCUT2D eigenvalue weighted by Gasteiger charge is -2.19. The monoisotopic (exact) mass is 348 g/mol. The zero-order valence-corrected chi connectivity index (χ0v) is 13.8. The smallest absolute Gasteiger partial charge is 0.152 e. The third-order valence-corrected chi connectivity index (χ3v) is 6.74. The second kappa shape index (κ2) is 6.48. The molecule has 1 fully saturated rings. The number of nitrogens with zero attached hydrogens (tertiary/aromatic N) is 2. The highest BCUT2D eigenvalue weighted by molar-refractivity contribution is 9.10. The Kier molecular flexibility index (Phi) is 5.21. The normalized spacial score (nSPS) is 20.1. The predicted octanol–water partition coefficient (Wildman–Crippen LogP) is 2.71. The topological polar surface area (TPSA) is 34.9 Å². The Morgan fingerprint density at radius 2 is 2.33 bits per heavy atom. The van der Waals surface area contributed by atoms with Crippen LogP contribution >= 0.6 is 39.5 Å². The van der Waals surface area contributed by atoms with Crippen LogP contribution in [0.2, 0.25) is 0 Å². The van der Waals surface area contributed by atoms with E-state index < -0.39 is 0 Å². The molecule has 1 aromatic heterocycles. The molecular weight excluding hydrogens is 332 g/mol. The Labute approximate surface area is 125 Å². The number of carbonyl (C=O) groups is 1. The number of rotatable bonds is 4. The van der Waals surface area contributed by atoms with Crippen molar-refractivity contribution in [1.29, 1.82) is 0 Å². The Bertz CT molecular complexity index is 442. The molecule has 0 radical (unpaired) electrons. The van der Waals surface area contributed by atoms with Gasteiger partial charge >= 0.3 is 0 Å². The maximum atomic E-state index is 12.3. The Morgan fingerprint density at radius 3 is 2.89 bits per heavy atom. The molecule has 0 bridgehead atoms. The van der Waals surface area contributed by atoms with E-state index in [1.54, 1.807) is 11.8 Å². The molecule has 0 aliphatic carbocycles. The first-order valence-electron chi connectivity index (χ1n) is 6.05. The maximum Gasteiger partial charge on any atom is 0.152 e. The summed E-state index contributed by atoms with van der Waals surface area (Å²) in [6.07, 6.45) is 1.37. The average molecular weight is 349 g/mol. The van der Waals surface area contributed by atoms with Crippen LogP contribution in [0.4, 0.5) is 0 Å². The summed E-state index contributed by atoms with van der Waals surface area (Å²) in [5.74, 6) is 3.55. The van der Waals surface area contributed by atoms with Crippen molar-refractivity contribution < 1.29 is 4.79 Å². The van der Waals surface area contributed by atoms with Crippen molar-refractivity contribution >= 4 is 45.2 Å². The van der Waals surface area contributed by atoms with Crippen LogP contribution in [0.1, 0.15) is 18.3 Å². The molecule has 0 aromatic carbocycles. The molecule has 1 aromatic rings. The SMILES string of the molecule is CCc1nn(C)c(CC(=O)C2CSCCS2)c1Br. The van der Waals surface area contributed by atoms with E-state index in [0.717, 1.165) is 33.8 Å². The summed E-state index contributed by atoms with van der Waals surface area (Å²) in [6.45, 7) is 2.08. The molecule has 6 heteroatoms. The Hall–Kier alpha value is 0.0600. The molecule has 3 nitrogen and oxygen atoms in total. The molecule has 2 rings (SSSR count). The van der Waals surface area contributed by atoms with E-state index in [4.69, 9.17) is 0 Å². The molecule has 0 N–H and O–H groups in total. The number of hydrogen-bond donors (Lipinski definition) is 0. The van der Waals surface area contributed by atoms with Gasteiger partial charge in [-0.1, -0.05) is 6.92 Å². The summed E-state index contributed by atoms with van der Waals surface area (Å²) >= 11 is 7.25. The first kappa shape index (κ1) is 14.5. The molecule has 1 aliphatic rings. The summed E-state index contributed by atoms with van der Waals surface area (Å²) in [5, 5.41) is 4.60. The summed E-state index contributed by atoms with van der Waals surface area (Å²) in [7, 11) is 1.91. The van der Waals surface area contributed by atoms with E-state index in [1.165, 1.54) is 5.75 Å². The number of aryl methyl sites for hydroxylation is 2. The van der Waals surface area contributed by atoms with Crippen LogP contribution in [-0.2, 0) is 24.7 Å². The van der Waals surface area contributed by atoms with E-state index in [1.807, 2.05) is 23.5 Å². The molecule has 18 heavy (non-hydrogen) atoms. The number of ketones is 1. The van der Waals surface area contributed by atoms with Crippen molar-refractivity contribution in [3.05, 3.63) is 15.9 Å². The van der Waals surface area contributed by atoms with Gasteiger partial charge in [0.2, 0.25) is 0 Å². The number of hydrogen-bond acceptors (Lipinski definition) is 4. The highest BCUT2D eigenvalue weighted by atomic mass is 79.9. The van der Waals surface area contributed by atoms with Crippen LogP contribution in [0.3, 0.4) is 0 Å². The van der Waals surface area contributed by atoms with Gasteiger partial charge in [-0.2, -0.15) is 16.9 Å². The van der Waals surface area contributed by atoms with Gasteiger partial charge in [0.1, 0.15) is 0 Å². The summed E-state index contributed by atoms with van der Waals surface area (Å²) in [4.78, 5) is 12.3. The number of thioether (sulfide) groups is 2. The summed E-state index contributed by atoms with van der Waals surface area (Å²) < 4.78 is 2.84. The van der Waals surface area contributed by atoms with Crippen LogP contribution < -0.4 is 0 Å². The van der Waals surface area contributed by atoms with Crippen LogP contribution in [0, 0.1) is 0 Å². The lowest BCUT2D eigenvalue weighted by molar-refractivity contribution is -0.117. The van der Waals surface area contributed by atoms with Gasteiger partial charge in [-0.15, -0.1) is 11.8 Å². The van der Waals surface area contributed by atoms with Crippen molar-refractivity contribution in [2.75, 3.05) is 17.3 Å². The zero-order chi connectivity index (χ0) is 13.1. The number of carbonyl (C=O) groups excluding carboxylic acids is 1. The highest BCUT2D eigenvalue weighted by Crippen LogP contribution is 2.28. The molecule has 1 atom stereocenters. The van der Waals surface area contributed by atoms with Gasteiger partial charge in [-0.25, -0.2) is 0 Å². The van der Waals surface area contributed by atoms with Crippen LogP contribution in [0.15, 0.2) is 4.47 Å². The van der Waals surface area contributed by atoms with Gasteiger partial charge in [-0.05, 0) is 22.4 Å². The lowest BCUT2D eigenvalue weighted by Crippen LogP contribution is -2.26. The average Bonchev–Trinajstić information content (AvgIpc) is 2.67.